The molecule has 1 N–H and O–H groups in total. The number of benzene rings is 2. The fraction of sp³-hybridized carbons (Fsp3) is 0.407. The van der Waals surface area contributed by atoms with Crippen LogP contribution in [-0.2, 0) is 16.0 Å². The van der Waals surface area contributed by atoms with E-state index in [0.717, 1.165) is 30.4 Å². The molecule has 164 valence electrons. The molecule has 2 aromatic rings. The molecule has 2 aliphatic heterocycles. The van der Waals surface area contributed by atoms with Gasteiger partial charge in [-0.1, -0.05) is 60.7 Å². The lowest BCUT2D eigenvalue weighted by Gasteiger charge is -2.59. The number of aliphatic hydroxyl groups excluding tert-OH is 1. The molecule has 2 amide bonds. The molecule has 32 heavy (non-hydrogen) atoms. The normalized spacial score (nSPS) is 24.7. The minimum Gasteiger partial charge on any atom is -0.394 e. The number of nitrogens with zero attached hydrogens (tertiary/aromatic N) is 2. The van der Waals surface area contributed by atoms with E-state index in [0.29, 0.717) is 13.0 Å². The van der Waals surface area contributed by atoms with E-state index in [9.17, 15) is 14.7 Å². The van der Waals surface area contributed by atoms with Gasteiger partial charge in [-0.15, -0.1) is 0 Å². The first-order valence-electron chi connectivity index (χ1n) is 11.5. The molecule has 5 rings (SSSR count). The summed E-state index contributed by atoms with van der Waals surface area (Å²) in [4.78, 5) is 29.0. The van der Waals surface area contributed by atoms with Gasteiger partial charge in [0.05, 0.1) is 25.2 Å². The van der Waals surface area contributed by atoms with Crippen molar-refractivity contribution in [3.63, 3.8) is 0 Å². The first-order chi connectivity index (χ1) is 15.7. The Morgan fingerprint density at radius 2 is 1.81 bits per heavy atom. The molecule has 3 fully saturated rings. The van der Waals surface area contributed by atoms with Gasteiger partial charge in [-0.2, -0.15) is 0 Å². The second-order valence-electron chi connectivity index (χ2n) is 9.08. The highest BCUT2D eigenvalue weighted by Crippen LogP contribution is 2.43. The molecule has 3 atom stereocenters. The van der Waals surface area contributed by atoms with Gasteiger partial charge < -0.3 is 14.9 Å². The van der Waals surface area contributed by atoms with E-state index in [-0.39, 0.29) is 48.9 Å². The van der Waals surface area contributed by atoms with E-state index in [4.69, 9.17) is 0 Å². The van der Waals surface area contributed by atoms with Gasteiger partial charge in [0.25, 0.3) is 0 Å². The van der Waals surface area contributed by atoms with Crippen molar-refractivity contribution in [3.05, 3.63) is 71.3 Å². The second kappa shape index (κ2) is 8.80. The van der Waals surface area contributed by atoms with Crippen molar-refractivity contribution in [1.82, 2.24) is 9.80 Å². The number of fused-ring (bicyclic) bond motifs is 1. The van der Waals surface area contributed by atoms with Crippen LogP contribution in [0.25, 0.3) is 0 Å². The largest absolute Gasteiger partial charge is 0.394 e. The Kier molecular flexibility index (Phi) is 5.71. The van der Waals surface area contributed by atoms with Crippen molar-refractivity contribution in [2.45, 2.75) is 43.7 Å². The van der Waals surface area contributed by atoms with Gasteiger partial charge in [-0.25, -0.2) is 0 Å². The molecule has 2 saturated heterocycles. The zero-order chi connectivity index (χ0) is 22.1. The Morgan fingerprint density at radius 3 is 2.47 bits per heavy atom. The number of hydrogen-bond donors (Lipinski definition) is 1. The monoisotopic (exact) mass is 428 g/mol. The number of aliphatic hydroxyl groups is 1. The highest BCUT2D eigenvalue weighted by molar-refractivity contribution is 5.89. The van der Waals surface area contributed by atoms with Crippen LogP contribution in [0.5, 0.6) is 0 Å². The molecule has 2 heterocycles. The summed E-state index contributed by atoms with van der Waals surface area (Å²) in [6, 6.07) is 18.0. The SMILES string of the molecule is O=C(C1CCC1)N1CC(=O)N2[C@H](CO)[C@H](c3ccc(C#CCc4ccccc4)cc3)[C@@H]2C1. The standard InChI is InChI=1S/C27H28N2O3/c30-18-24-26(23-16-28(17-25(31)29(23)24)27(32)22-10-5-11-22)21-14-12-20(13-15-21)9-4-8-19-6-2-1-3-7-19/h1-3,6-7,12-15,22-24,26,30H,5,8,10-11,16-18H2/t23-,24+,26+/m0/s1. The molecule has 1 saturated carbocycles. The average Bonchev–Trinajstić information content (AvgIpc) is 2.75. The van der Waals surface area contributed by atoms with E-state index in [2.05, 4.69) is 24.0 Å². The Morgan fingerprint density at radius 1 is 1.06 bits per heavy atom. The maximum atomic E-state index is 12.7. The predicted molar refractivity (Wildman–Crippen MR) is 122 cm³/mol. The molecule has 0 aromatic heterocycles. The first-order valence-corrected chi connectivity index (χ1v) is 11.5. The number of carbonyl (C=O) groups is 2. The fourth-order valence-electron chi connectivity index (χ4n) is 5.21. The van der Waals surface area contributed by atoms with Gasteiger partial charge in [0.2, 0.25) is 11.8 Å². The zero-order valence-corrected chi connectivity index (χ0v) is 18.1. The Labute approximate surface area is 189 Å². The van der Waals surface area contributed by atoms with E-state index >= 15 is 0 Å². The van der Waals surface area contributed by atoms with Crippen LogP contribution in [-0.4, -0.2) is 58.5 Å². The van der Waals surface area contributed by atoms with Crippen LogP contribution in [0, 0.1) is 17.8 Å². The Balaban J connectivity index is 1.29. The van der Waals surface area contributed by atoms with Crippen molar-refractivity contribution in [1.29, 1.82) is 0 Å². The van der Waals surface area contributed by atoms with E-state index in [1.807, 2.05) is 42.5 Å². The van der Waals surface area contributed by atoms with Crippen LogP contribution in [0.4, 0.5) is 0 Å². The van der Waals surface area contributed by atoms with Gasteiger partial charge in [-0.3, -0.25) is 9.59 Å². The lowest BCUT2D eigenvalue weighted by molar-refractivity contribution is -0.169. The first kappa shape index (κ1) is 20.8. The molecule has 3 aliphatic rings. The third-order valence-electron chi connectivity index (χ3n) is 7.18. The topological polar surface area (TPSA) is 60.9 Å². The van der Waals surface area contributed by atoms with Gasteiger partial charge in [-0.05, 0) is 36.1 Å². The quantitative estimate of drug-likeness (QED) is 0.762. The van der Waals surface area contributed by atoms with E-state index in [1.165, 1.54) is 5.56 Å². The van der Waals surface area contributed by atoms with Crippen molar-refractivity contribution < 1.29 is 14.7 Å². The van der Waals surface area contributed by atoms with Crippen LogP contribution in [0.2, 0.25) is 0 Å². The summed E-state index contributed by atoms with van der Waals surface area (Å²) in [5.74, 6) is 6.64. The lowest BCUT2D eigenvalue weighted by Crippen LogP contribution is -2.73. The Hall–Kier alpha value is -3.10. The minimum atomic E-state index is -0.219. The summed E-state index contributed by atoms with van der Waals surface area (Å²) in [6.45, 7) is 0.633. The van der Waals surface area contributed by atoms with E-state index in [1.54, 1.807) is 9.80 Å². The van der Waals surface area contributed by atoms with Crippen molar-refractivity contribution in [2.75, 3.05) is 19.7 Å². The van der Waals surface area contributed by atoms with Crippen molar-refractivity contribution in [3.8, 4) is 11.8 Å². The summed E-state index contributed by atoms with van der Waals surface area (Å²) in [5.41, 5.74) is 3.23. The molecular formula is C27H28N2O3. The van der Waals surface area contributed by atoms with E-state index < -0.39 is 0 Å². The summed E-state index contributed by atoms with van der Waals surface area (Å²) in [7, 11) is 0. The van der Waals surface area contributed by atoms with Gasteiger partial charge in [0.15, 0.2) is 0 Å². The van der Waals surface area contributed by atoms with Crippen LogP contribution >= 0.6 is 0 Å². The average molecular weight is 429 g/mol. The number of amides is 2. The molecule has 0 spiro atoms. The summed E-state index contributed by atoms with van der Waals surface area (Å²) < 4.78 is 0. The second-order valence-corrected chi connectivity index (χ2v) is 9.08. The Bertz CT molecular complexity index is 1050. The number of piperazine rings is 1. The number of rotatable bonds is 4. The number of hydrogen-bond acceptors (Lipinski definition) is 3. The van der Waals surface area contributed by atoms with Gasteiger partial charge in [0.1, 0.15) is 0 Å². The molecular weight excluding hydrogens is 400 g/mol. The molecule has 2 aromatic carbocycles. The maximum absolute atomic E-state index is 12.7. The maximum Gasteiger partial charge on any atom is 0.242 e. The van der Waals surface area contributed by atoms with Crippen LogP contribution in [0.1, 0.15) is 41.9 Å². The van der Waals surface area contributed by atoms with Crippen molar-refractivity contribution >= 4 is 11.8 Å². The molecule has 0 radical (unpaired) electrons. The molecule has 1 aliphatic carbocycles. The fourth-order valence-corrected chi connectivity index (χ4v) is 5.21. The third-order valence-corrected chi connectivity index (χ3v) is 7.18. The third kappa shape index (κ3) is 3.80. The minimum absolute atomic E-state index is 0.0345. The van der Waals surface area contributed by atoms with Gasteiger partial charge in [0, 0.05) is 30.4 Å². The van der Waals surface area contributed by atoms with Crippen LogP contribution in [0.15, 0.2) is 54.6 Å². The van der Waals surface area contributed by atoms with Crippen molar-refractivity contribution in [2.24, 2.45) is 5.92 Å². The summed E-state index contributed by atoms with van der Waals surface area (Å²) >= 11 is 0. The highest BCUT2D eigenvalue weighted by atomic mass is 16.3. The summed E-state index contributed by atoms with van der Waals surface area (Å²) in [5, 5.41) is 9.97. The molecule has 5 nitrogen and oxygen atoms in total. The zero-order valence-electron chi connectivity index (χ0n) is 18.1. The predicted octanol–water partition coefficient (Wildman–Crippen LogP) is 2.58. The van der Waals surface area contributed by atoms with Gasteiger partial charge >= 0.3 is 0 Å². The lowest BCUT2D eigenvalue weighted by atomic mass is 9.73. The van der Waals surface area contributed by atoms with Crippen LogP contribution in [0.3, 0.4) is 0 Å². The molecule has 0 unspecified atom stereocenters. The summed E-state index contributed by atoms with van der Waals surface area (Å²) in [6.07, 6.45) is 3.69. The van der Waals surface area contributed by atoms with Crippen LogP contribution < -0.4 is 0 Å². The molecule has 5 heteroatoms. The number of carbonyl (C=O) groups excluding carboxylic acids is 2. The highest BCUT2D eigenvalue weighted by Gasteiger charge is 2.54. The smallest absolute Gasteiger partial charge is 0.242 e. The molecule has 0 bridgehead atoms.